The van der Waals surface area contributed by atoms with Crippen molar-refractivity contribution in [2.24, 2.45) is 0 Å². The van der Waals surface area contributed by atoms with Gasteiger partial charge in [0.1, 0.15) is 159 Å². The highest BCUT2D eigenvalue weighted by atomic mass is 16.8. The fourth-order valence-corrected chi connectivity index (χ4v) is 12.0. The molecule has 8 aliphatic rings. The molecular weight excluding hydrogens is 1190 g/mol. The van der Waals surface area contributed by atoms with E-state index in [0.29, 0.717) is 0 Å². The van der Waals surface area contributed by atoms with Crippen molar-refractivity contribution in [3.05, 3.63) is 23.3 Å². The molecule has 2 aliphatic carbocycles. The molecule has 8 rings (SSSR count). The van der Waals surface area contributed by atoms with E-state index in [2.05, 4.69) is 10.6 Å². The molecule has 6 heterocycles. The van der Waals surface area contributed by atoms with Gasteiger partial charge >= 0.3 is 0 Å². The van der Waals surface area contributed by atoms with Crippen molar-refractivity contribution in [3.8, 4) is 0 Å². The lowest BCUT2D eigenvalue weighted by Crippen LogP contribution is -2.69. The van der Waals surface area contributed by atoms with Crippen molar-refractivity contribution in [1.29, 1.82) is 0 Å². The first kappa shape index (κ1) is 70.9. The van der Waals surface area contributed by atoms with E-state index in [4.69, 9.17) is 52.1 Å². The van der Waals surface area contributed by atoms with Crippen molar-refractivity contribution >= 4 is 0 Å². The summed E-state index contributed by atoms with van der Waals surface area (Å²) < 4.78 is 62.3. The molecule has 0 saturated carbocycles. The molecule has 0 aromatic heterocycles. The molecule has 504 valence electrons. The summed E-state index contributed by atoms with van der Waals surface area (Å²) in [5.74, 6) is 0. The molecule has 0 radical (unpaired) electrons. The van der Waals surface area contributed by atoms with Crippen molar-refractivity contribution < 1.29 is 175 Å². The molecule has 37 heteroatoms. The summed E-state index contributed by atoms with van der Waals surface area (Å²) >= 11 is 0. The summed E-state index contributed by atoms with van der Waals surface area (Å²) in [5.41, 5.74) is -0.201. The van der Waals surface area contributed by atoms with E-state index in [9.17, 15) is 123 Å². The van der Waals surface area contributed by atoms with Gasteiger partial charge in [-0.15, -0.1) is 0 Å². The zero-order valence-corrected chi connectivity index (χ0v) is 46.6. The van der Waals surface area contributed by atoms with Crippen molar-refractivity contribution in [2.45, 2.75) is 247 Å². The predicted octanol–water partition coefficient (Wildman–Crippen LogP) is -16.1. The van der Waals surface area contributed by atoms with Crippen LogP contribution in [0.25, 0.3) is 0 Å². The first-order valence-corrected chi connectivity index (χ1v) is 28.2. The van der Waals surface area contributed by atoms with Crippen LogP contribution in [0.1, 0.15) is 13.8 Å². The molecular formula is C50H84N2O35. The molecule has 0 aromatic rings. The Morgan fingerprint density at radius 1 is 0.333 bits per heavy atom. The zero-order chi connectivity index (χ0) is 63.9. The second-order valence-electron chi connectivity index (χ2n) is 22.8. The number of aliphatic hydroxyl groups is 24. The number of hydrogen-bond donors (Lipinski definition) is 26. The largest absolute Gasteiger partial charge is 0.394 e. The first-order chi connectivity index (χ1) is 41.2. The first-order valence-electron chi connectivity index (χ1n) is 28.2. The number of rotatable bonds is 20. The number of aliphatic hydroxyl groups excluding tert-OH is 24. The second-order valence-corrected chi connectivity index (χ2v) is 22.8. The SMILES string of the molecule is C[C@H]1O[C@H](O[C@H]2[C@H](O)[C@@H](O)[C@@H](O[C@H]3[C@H](O)[C@@H](O)[C@@H](O[C@H]4[C@H](O)[C@@H](O)[C@@H](O)O[C@@H]4CO)O[C@@H]3CO)O[C@@H]2CO)[C@H](O)[C@@H](O)[C@@H]1N[C@H]1C=C(CO)[C@@H](O[C@H]2O[C@H](CO)[C@@H](O[C@H]3O[C@H](C)[C@@H](N[C@H]4C=C(CO)[C@@H](O)[C@H](O)[C@H]4O)[C@H](O)[C@H]3O)[C@H](O)[C@H]2O)[C@H](O)[C@H]1O. The Morgan fingerprint density at radius 3 is 1.01 bits per heavy atom. The Bertz CT molecular complexity index is 2230. The van der Waals surface area contributed by atoms with Crippen LogP contribution in [-0.2, 0) is 52.1 Å². The van der Waals surface area contributed by atoms with Gasteiger partial charge in [0.2, 0.25) is 0 Å². The Hall–Kier alpha value is -2.00. The van der Waals surface area contributed by atoms with E-state index in [1.807, 2.05) is 0 Å². The van der Waals surface area contributed by atoms with Crippen molar-refractivity contribution in [1.82, 2.24) is 10.6 Å². The Labute approximate surface area is 494 Å². The lowest BCUT2D eigenvalue weighted by molar-refractivity contribution is -0.385. The number of hydrogen-bond acceptors (Lipinski definition) is 37. The summed E-state index contributed by atoms with van der Waals surface area (Å²) in [6.07, 6.45) is -59.1. The monoisotopic (exact) mass is 1270 g/mol. The van der Waals surface area contributed by atoms with Gasteiger partial charge in [-0.3, -0.25) is 0 Å². The van der Waals surface area contributed by atoms with Crippen LogP contribution in [0, 0.1) is 0 Å². The second kappa shape index (κ2) is 30.0. The normalized spacial score (nSPS) is 52.7. The third-order valence-electron chi connectivity index (χ3n) is 17.2. The van der Waals surface area contributed by atoms with E-state index < -0.39 is 272 Å². The topological polar surface area (TPSA) is 611 Å². The summed E-state index contributed by atoms with van der Waals surface area (Å²) in [6.45, 7) is -2.54. The highest BCUT2D eigenvalue weighted by Gasteiger charge is 2.57. The van der Waals surface area contributed by atoms with Gasteiger partial charge in [-0.2, -0.15) is 0 Å². The standard InChI is InChI=1S/C50H84N2O35/c1-11-21(51-15-3-13(5-53)23(59)28(64)24(15)60)26(62)35(71)46(77-11)84-42-18(8-56)80-48(37(73)31(42)67)83-40-14(6-54)4-16(25(61)29(40)65)52-22-12(2)78-47(36(72)27(22)63)85-43-19(9-57)81-50(38(74)32(43)68)87-44-20(10-58)82-49(39(75)33(44)69)86-41-17(7-55)79-45(76)34(70)30(41)66/h3-4,11-12,15-76H,5-10H2,1-2H3/t11-,12-,15+,16+,17-,18-,19-,20-,21-,22-,23-,24+,25+,26+,27+,28+,29-,30-,31-,32-,33-,34-,35-,36-,37-,38-,39-,40-,41-,42-,43-,44-,45+,46-,47-,48-,49-,50-/m1/s1. The van der Waals surface area contributed by atoms with Crippen LogP contribution in [0.2, 0.25) is 0 Å². The zero-order valence-electron chi connectivity index (χ0n) is 46.6. The third kappa shape index (κ3) is 14.4. The van der Waals surface area contributed by atoms with E-state index in [0.717, 1.165) is 0 Å². The minimum Gasteiger partial charge on any atom is -0.394 e. The maximum atomic E-state index is 11.5. The van der Waals surface area contributed by atoms with Crippen LogP contribution in [0.4, 0.5) is 0 Å². The third-order valence-corrected chi connectivity index (χ3v) is 17.2. The Kier molecular flexibility index (Phi) is 24.4. The van der Waals surface area contributed by atoms with E-state index >= 15 is 0 Å². The molecule has 0 bridgehead atoms. The van der Waals surface area contributed by atoms with Gasteiger partial charge in [-0.25, -0.2) is 0 Å². The maximum Gasteiger partial charge on any atom is 0.187 e. The number of ether oxygens (including phenoxy) is 11. The van der Waals surface area contributed by atoms with Crippen LogP contribution >= 0.6 is 0 Å². The van der Waals surface area contributed by atoms with Crippen molar-refractivity contribution in [3.63, 3.8) is 0 Å². The maximum absolute atomic E-state index is 11.5. The fourth-order valence-electron chi connectivity index (χ4n) is 12.0. The average molecular weight is 1270 g/mol. The van der Waals surface area contributed by atoms with Gasteiger partial charge in [0.25, 0.3) is 0 Å². The Balaban J connectivity index is 0.851. The molecule has 0 amide bonds. The molecule has 87 heavy (non-hydrogen) atoms. The summed E-state index contributed by atoms with van der Waals surface area (Å²) in [6, 6.07) is -5.08. The molecule has 6 aliphatic heterocycles. The van der Waals surface area contributed by atoms with Gasteiger partial charge in [0.15, 0.2) is 37.7 Å². The van der Waals surface area contributed by atoms with E-state index in [1.165, 1.54) is 26.0 Å². The highest BCUT2D eigenvalue weighted by Crippen LogP contribution is 2.37. The average Bonchev–Trinajstić information content (AvgIpc) is 2.03. The molecule has 0 spiro atoms. The highest BCUT2D eigenvalue weighted by molar-refractivity contribution is 5.24. The summed E-state index contributed by atoms with van der Waals surface area (Å²) in [7, 11) is 0. The quantitative estimate of drug-likeness (QED) is 0.0503. The molecule has 37 nitrogen and oxygen atoms in total. The molecule has 6 saturated heterocycles. The molecule has 6 fully saturated rings. The van der Waals surface area contributed by atoms with Gasteiger partial charge < -0.3 is 185 Å². The van der Waals surface area contributed by atoms with Gasteiger partial charge in [-0.05, 0) is 25.0 Å². The molecule has 0 unspecified atom stereocenters. The van der Waals surface area contributed by atoms with Gasteiger partial charge in [-0.1, -0.05) is 12.2 Å². The summed E-state index contributed by atoms with van der Waals surface area (Å²) in [5, 5.41) is 263. The lowest BCUT2D eigenvalue weighted by atomic mass is 9.86. The fraction of sp³-hybridized carbons (Fsp3) is 0.920. The van der Waals surface area contributed by atoms with Crippen LogP contribution in [-0.4, -0.2) is 395 Å². The predicted molar refractivity (Wildman–Crippen MR) is 272 cm³/mol. The molecule has 0 aromatic carbocycles. The Morgan fingerprint density at radius 2 is 0.644 bits per heavy atom. The molecule has 38 atom stereocenters. The van der Waals surface area contributed by atoms with Crippen LogP contribution in [0.15, 0.2) is 23.3 Å². The number of nitrogens with one attached hydrogen (secondary N) is 2. The van der Waals surface area contributed by atoms with Crippen molar-refractivity contribution in [2.75, 3.05) is 39.6 Å². The van der Waals surface area contributed by atoms with E-state index in [1.54, 1.807) is 0 Å². The van der Waals surface area contributed by atoms with E-state index in [-0.39, 0.29) is 11.1 Å². The van der Waals surface area contributed by atoms with Gasteiger partial charge in [0, 0.05) is 0 Å². The summed E-state index contributed by atoms with van der Waals surface area (Å²) in [4.78, 5) is 0. The van der Waals surface area contributed by atoms with Crippen LogP contribution in [0.3, 0.4) is 0 Å². The smallest absolute Gasteiger partial charge is 0.187 e. The van der Waals surface area contributed by atoms with Gasteiger partial charge in [0.05, 0.1) is 76.0 Å². The lowest BCUT2D eigenvalue weighted by Gasteiger charge is -2.49. The van der Waals surface area contributed by atoms with Crippen LogP contribution < -0.4 is 10.6 Å². The minimum absolute atomic E-state index is 0.0298. The minimum atomic E-state index is -2.14. The molecule has 26 N–H and O–H groups in total. The van der Waals surface area contributed by atoms with Crippen LogP contribution in [0.5, 0.6) is 0 Å².